The minimum Gasteiger partial charge on any atom is -0.508 e. The van der Waals surface area contributed by atoms with E-state index in [2.05, 4.69) is 0 Å². The van der Waals surface area contributed by atoms with Crippen LogP contribution in [-0.2, 0) is 4.79 Å². The maximum atomic E-state index is 11.7. The second kappa shape index (κ2) is 8.23. The molecule has 0 saturated carbocycles. The highest BCUT2D eigenvalue weighted by Gasteiger charge is 2.14. The molecule has 2 N–H and O–H groups in total. The molecule has 0 saturated heterocycles. The van der Waals surface area contributed by atoms with Crippen molar-refractivity contribution in [1.29, 1.82) is 0 Å². The van der Waals surface area contributed by atoms with Gasteiger partial charge < -0.3 is 10.2 Å². The predicted molar refractivity (Wildman–Crippen MR) is 90.8 cm³/mol. The molecule has 0 bridgehead atoms. The van der Waals surface area contributed by atoms with Crippen LogP contribution in [0.4, 0.5) is 0 Å². The lowest BCUT2D eigenvalue weighted by molar-refractivity contribution is -0.132. The first-order chi connectivity index (χ1) is 10.3. The van der Waals surface area contributed by atoms with Crippen molar-refractivity contribution in [2.75, 3.05) is 0 Å². The van der Waals surface area contributed by atoms with Gasteiger partial charge in [-0.3, -0.25) is 0 Å². The normalized spacial score (nSPS) is 11.5. The number of hydrogen-bond donors (Lipinski definition) is 2. The van der Waals surface area contributed by atoms with E-state index in [-0.39, 0.29) is 5.75 Å². The maximum Gasteiger partial charge on any atom is 0.332 e. The molecular weight excluding hydrogens is 276 g/mol. The van der Waals surface area contributed by atoms with Crippen LogP contribution >= 0.6 is 0 Å². The van der Waals surface area contributed by atoms with Gasteiger partial charge in [0, 0.05) is 5.57 Å². The highest BCUT2D eigenvalue weighted by atomic mass is 16.4. The van der Waals surface area contributed by atoms with Crippen molar-refractivity contribution < 1.29 is 15.0 Å². The molecule has 1 aromatic carbocycles. The molecule has 0 aliphatic rings. The average Bonchev–Trinajstić information content (AvgIpc) is 2.42. The fourth-order valence-electron chi connectivity index (χ4n) is 2.03. The van der Waals surface area contributed by atoms with Crippen molar-refractivity contribution in [2.24, 2.45) is 0 Å². The summed E-state index contributed by atoms with van der Waals surface area (Å²) in [6, 6.07) is 6.68. The fourth-order valence-corrected chi connectivity index (χ4v) is 2.03. The summed E-state index contributed by atoms with van der Waals surface area (Å²) >= 11 is 0. The van der Waals surface area contributed by atoms with Gasteiger partial charge in [0.2, 0.25) is 0 Å². The summed E-state index contributed by atoms with van der Waals surface area (Å²) in [6.45, 7) is 7.89. The Morgan fingerprint density at radius 1 is 0.955 bits per heavy atom. The van der Waals surface area contributed by atoms with Crippen LogP contribution in [-0.4, -0.2) is 16.2 Å². The standard InChI is InChI=1S/C19H24O3/c1-13(2)5-11-17(15-7-9-16(20)10-8-15)18(19(21)22)12-6-14(3)4/h5-10,20H,11-12H2,1-4H3,(H,21,22)/b18-17+. The first-order valence-corrected chi connectivity index (χ1v) is 7.32. The van der Waals surface area contributed by atoms with Gasteiger partial charge >= 0.3 is 5.97 Å². The average molecular weight is 300 g/mol. The Balaban J connectivity index is 3.38. The minimum atomic E-state index is -0.900. The van der Waals surface area contributed by atoms with Gasteiger partial charge in [-0.05, 0) is 63.8 Å². The molecule has 0 aliphatic heterocycles. The van der Waals surface area contributed by atoms with Crippen molar-refractivity contribution >= 4 is 11.5 Å². The van der Waals surface area contributed by atoms with Crippen LogP contribution in [0.1, 0.15) is 46.1 Å². The van der Waals surface area contributed by atoms with Crippen molar-refractivity contribution in [1.82, 2.24) is 0 Å². The third kappa shape index (κ3) is 5.60. The number of carbonyl (C=O) groups is 1. The van der Waals surface area contributed by atoms with E-state index >= 15 is 0 Å². The van der Waals surface area contributed by atoms with Gasteiger partial charge in [0.25, 0.3) is 0 Å². The molecule has 1 aromatic rings. The number of rotatable bonds is 6. The van der Waals surface area contributed by atoms with Gasteiger partial charge in [0.05, 0.1) is 0 Å². The van der Waals surface area contributed by atoms with Crippen LogP contribution in [0.2, 0.25) is 0 Å². The van der Waals surface area contributed by atoms with Crippen molar-refractivity contribution in [3.8, 4) is 5.75 Å². The number of allylic oxidation sites excluding steroid dienone is 5. The van der Waals surface area contributed by atoms with Gasteiger partial charge in [-0.2, -0.15) is 0 Å². The monoisotopic (exact) mass is 300 g/mol. The van der Waals surface area contributed by atoms with Crippen molar-refractivity contribution in [3.63, 3.8) is 0 Å². The summed E-state index contributed by atoms with van der Waals surface area (Å²) < 4.78 is 0. The Labute approximate surface area is 132 Å². The molecule has 0 amide bonds. The Bertz CT molecular complexity index is 609. The Morgan fingerprint density at radius 3 is 1.91 bits per heavy atom. The number of phenols is 1. The van der Waals surface area contributed by atoms with E-state index in [4.69, 9.17) is 0 Å². The summed E-state index contributed by atoms with van der Waals surface area (Å²) in [5, 5.41) is 19.0. The SMILES string of the molecule is CC(C)=CC/C(C(=O)O)=C(/CC=C(C)C)c1ccc(O)cc1. The lowest BCUT2D eigenvalue weighted by Crippen LogP contribution is -2.04. The molecule has 0 unspecified atom stereocenters. The van der Waals surface area contributed by atoms with Crippen LogP contribution < -0.4 is 0 Å². The molecule has 0 fully saturated rings. The number of aliphatic carboxylic acids is 1. The quantitative estimate of drug-likeness (QED) is 0.577. The smallest absolute Gasteiger partial charge is 0.332 e. The number of hydrogen-bond acceptors (Lipinski definition) is 2. The van der Waals surface area contributed by atoms with E-state index < -0.39 is 5.97 Å². The topological polar surface area (TPSA) is 57.5 Å². The zero-order valence-corrected chi connectivity index (χ0v) is 13.7. The second-order valence-corrected chi connectivity index (χ2v) is 5.78. The summed E-state index contributed by atoms with van der Waals surface area (Å²) in [5.74, 6) is -0.728. The highest BCUT2D eigenvalue weighted by molar-refractivity contribution is 5.97. The molecule has 3 nitrogen and oxygen atoms in total. The Morgan fingerprint density at radius 2 is 1.45 bits per heavy atom. The fraction of sp³-hybridized carbons (Fsp3) is 0.316. The molecule has 0 radical (unpaired) electrons. The Hall–Kier alpha value is -2.29. The molecule has 0 atom stereocenters. The number of aromatic hydroxyl groups is 1. The zero-order chi connectivity index (χ0) is 16.7. The summed E-state index contributed by atoms with van der Waals surface area (Å²) in [5.41, 5.74) is 4.24. The van der Waals surface area contributed by atoms with E-state index in [9.17, 15) is 15.0 Å². The molecule has 3 heteroatoms. The number of carboxylic acids is 1. The number of benzene rings is 1. The third-order valence-corrected chi connectivity index (χ3v) is 3.27. The van der Waals surface area contributed by atoms with Crippen molar-refractivity contribution in [2.45, 2.75) is 40.5 Å². The first kappa shape index (κ1) is 17.8. The van der Waals surface area contributed by atoms with E-state index in [1.54, 1.807) is 24.3 Å². The third-order valence-electron chi connectivity index (χ3n) is 3.27. The van der Waals surface area contributed by atoms with E-state index in [0.717, 1.165) is 22.3 Å². The summed E-state index contributed by atoms with van der Waals surface area (Å²) in [7, 11) is 0. The molecule has 118 valence electrons. The van der Waals surface area contributed by atoms with Crippen LogP contribution in [0.25, 0.3) is 5.57 Å². The van der Waals surface area contributed by atoms with Crippen molar-refractivity contribution in [3.05, 3.63) is 58.7 Å². The molecule has 0 heterocycles. The number of phenolic OH excluding ortho intramolecular Hbond substituents is 1. The van der Waals surface area contributed by atoms with Crippen LogP contribution in [0.5, 0.6) is 5.75 Å². The Kier molecular flexibility index (Phi) is 6.64. The van der Waals surface area contributed by atoms with Crippen LogP contribution in [0.15, 0.2) is 53.1 Å². The van der Waals surface area contributed by atoms with Gasteiger partial charge in [-0.15, -0.1) is 0 Å². The van der Waals surface area contributed by atoms with E-state index in [0.29, 0.717) is 18.4 Å². The lowest BCUT2D eigenvalue weighted by atomic mass is 9.93. The molecule has 22 heavy (non-hydrogen) atoms. The molecule has 0 spiro atoms. The highest BCUT2D eigenvalue weighted by Crippen LogP contribution is 2.27. The predicted octanol–water partition coefficient (Wildman–Crippen LogP) is 4.94. The second-order valence-electron chi connectivity index (χ2n) is 5.78. The van der Waals surface area contributed by atoms with E-state index in [1.165, 1.54) is 0 Å². The molecular formula is C19H24O3. The van der Waals surface area contributed by atoms with Crippen LogP contribution in [0, 0.1) is 0 Å². The molecule has 1 rings (SSSR count). The summed E-state index contributed by atoms with van der Waals surface area (Å²) in [6.07, 6.45) is 4.90. The van der Waals surface area contributed by atoms with Gasteiger partial charge in [0.1, 0.15) is 5.75 Å². The molecule has 0 aromatic heterocycles. The van der Waals surface area contributed by atoms with Gasteiger partial charge in [-0.1, -0.05) is 35.4 Å². The maximum absolute atomic E-state index is 11.7. The zero-order valence-electron chi connectivity index (χ0n) is 13.7. The minimum absolute atomic E-state index is 0.173. The lowest BCUT2D eigenvalue weighted by Gasteiger charge is -2.11. The molecule has 0 aliphatic carbocycles. The number of carboxylic acid groups (broad SMARTS) is 1. The first-order valence-electron chi connectivity index (χ1n) is 7.32. The van der Waals surface area contributed by atoms with E-state index in [1.807, 2.05) is 39.8 Å². The van der Waals surface area contributed by atoms with Gasteiger partial charge in [-0.25, -0.2) is 4.79 Å². The largest absolute Gasteiger partial charge is 0.508 e. The summed E-state index contributed by atoms with van der Waals surface area (Å²) in [4.78, 5) is 11.7. The van der Waals surface area contributed by atoms with Gasteiger partial charge in [0.15, 0.2) is 0 Å². The van der Waals surface area contributed by atoms with Crippen LogP contribution in [0.3, 0.4) is 0 Å².